The Morgan fingerprint density at radius 1 is 1.25 bits per heavy atom. The molecule has 1 aliphatic rings. The number of carbonyl (C=O) groups excluding carboxylic acids is 1. The van der Waals surface area contributed by atoms with Crippen molar-refractivity contribution in [2.45, 2.75) is 75.9 Å². The van der Waals surface area contributed by atoms with Crippen LogP contribution in [0.3, 0.4) is 0 Å². The summed E-state index contributed by atoms with van der Waals surface area (Å²) in [5.74, 6) is -0.614. The molecule has 1 unspecified atom stereocenters. The van der Waals surface area contributed by atoms with Crippen molar-refractivity contribution < 1.29 is 27.6 Å². The number of aliphatic hydroxyl groups excluding tert-OH is 1. The minimum atomic E-state index is -3.72. The first kappa shape index (κ1) is 22.8. The summed E-state index contributed by atoms with van der Waals surface area (Å²) in [6, 6.07) is 1.53. The van der Waals surface area contributed by atoms with E-state index in [2.05, 4.69) is 10.5 Å². The first-order chi connectivity index (χ1) is 12.8. The summed E-state index contributed by atoms with van der Waals surface area (Å²) in [6.45, 7) is 11.0. The number of ether oxygens (including phenoxy) is 1. The van der Waals surface area contributed by atoms with Gasteiger partial charge in [-0.15, -0.1) is 0 Å². The van der Waals surface area contributed by atoms with Crippen LogP contribution in [0, 0.1) is 5.92 Å². The molecular formula is C19H32N2O6S. The highest BCUT2D eigenvalue weighted by Gasteiger charge is 2.47. The summed E-state index contributed by atoms with van der Waals surface area (Å²) >= 11 is 0. The Kier molecular flexibility index (Phi) is 6.62. The molecule has 9 heteroatoms. The van der Waals surface area contributed by atoms with Gasteiger partial charge in [0.1, 0.15) is 4.75 Å². The number of aliphatic hydroxyl groups is 1. The fraction of sp³-hybridized carbons (Fsp3) is 0.789. The van der Waals surface area contributed by atoms with Crippen molar-refractivity contribution in [3.05, 3.63) is 11.8 Å². The van der Waals surface area contributed by atoms with Crippen LogP contribution in [0.4, 0.5) is 5.88 Å². The maximum Gasteiger partial charge on any atom is 0.247 e. The minimum absolute atomic E-state index is 0.00768. The number of nitrogens with one attached hydrogen (secondary N) is 1. The normalized spacial score (nSPS) is 18.3. The third-order valence-electron chi connectivity index (χ3n) is 5.64. The van der Waals surface area contributed by atoms with Crippen molar-refractivity contribution in [1.29, 1.82) is 0 Å². The fourth-order valence-electron chi connectivity index (χ4n) is 3.42. The number of anilines is 1. The number of hydrogen-bond donors (Lipinski definition) is 2. The van der Waals surface area contributed by atoms with E-state index in [1.165, 1.54) is 19.9 Å². The first-order valence-corrected chi connectivity index (χ1v) is 11.1. The summed E-state index contributed by atoms with van der Waals surface area (Å²) in [5, 5.41) is 16.3. The molecule has 8 nitrogen and oxygen atoms in total. The van der Waals surface area contributed by atoms with E-state index in [1.54, 1.807) is 0 Å². The quantitative estimate of drug-likeness (QED) is 0.700. The Morgan fingerprint density at radius 3 is 2.36 bits per heavy atom. The Balaban J connectivity index is 2.17. The van der Waals surface area contributed by atoms with Gasteiger partial charge in [-0.1, -0.05) is 32.9 Å². The number of carbonyl (C=O) groups is 1. The van der Waals surface area contributed by atoms with Crippen LogP contribution in [-0.2, 0) is 24.8 Å². The molecule has 1 aromatic heterocycles. The maximum atomic E-state index is 13.0. The number of sulfone groups is 1. The molecule has 1 fully saturated rings. The van der Waals surface area contributed by atoms with Crippen molar-refractivity contribution in [1.82, 2.24) is 5.16 Å². The van der Waals surface area contributed by atoms with Gasteiger partial charge in [-0.05, 0) is 32.6 Å². The highest BCUT2D eigenvalue weighted by Crippen LogP contribution is 2.33. The monoisotopic (exact) mass is 416 g/mol. The largest absolute Gasteiger partial charge is 0.392 e. The lowest BCUT2D eigenvalue weighted by Gasteiger charge is -2.31. The molecule has 1 aliphatic heterocycles. The van der Waals surface area contributed by atoms with Crippen molar-refractivity contribution in [2.24, 2.45) is 5.92 Å². The van der Waals surface area contributed by atoms with Gasteiger partial charge in [-0.2, -0.15) is 0 Å². The molecule has 2 N–H and O–H groups in total. The lowest BCUT2D eigenvalue weighted by Crippen LogP contribution is -2.50. The second kappa shape index (κ2) is 8.12. The number of rotatable bonds is 7. The summed E-state index contributed by atoms with van der Waals surface area (Å²) in [5.41, 5.74) is -0.210. The summed E-state index contributed by atoms with van der Waals surface area (Å²) in [4.78, 5) is 12.8. The van der Waals surface area contributed by atoms with E-state index >= 15 is 0 Å². The van der Waals surface area contributed by atoms with Gasteiger partial charge in [-0.25, -0.2) is 8.42 Å². The molecule has 0 saturated carbocycles. The third-order valence-corrected chi connectivity index (χ3v) is 8.60. The Bertz CT molecular complexity index is 791. The van der Waals surface area contributed by atoms with Crippen molar-refractivity contribution in [3.63, 3.8) is 0 Å². The standard InChI is InChI=1S/C19H32N2O6S/c1-12(2)16(22)18(3,4)14-11-15(27-21-14)20-17(23)19(5,6)28(24,25)13-7-9-26-10-8-13/h11-13,16,22H,7-10H2,1-6H3,(H,20,23). The molecule has 0 aromatic carbocycles. The SMILES string of the molecule is CC(C)C(O)C(C)(C)c1cc(NC(=O)C(C)(C)S(=O)(=O)C2CCOCC2)on1. The zero-order chi connectivity index (χ0) is 21.3. The van der Waals surface area contributed by atoms with Gasteiger partial charge in [0.2, 0.25) is 11.8 Å². The van der Waals surface area contributed by atoms with Gasteiger partial charge < -0.3 is 14.4 Å². The number of aromatic nitrogens is 1. The van der Waals surface area contributed by atoms with Crippen LogP contribution in [-0.4, -0.2) is 53.9 Å². The van der Waals surface area contributed by atoms with Crippen LogP contribution in [0.1, 0.15) is 60.1 Å². The van der Waals surface area contributed by atoms with E-state index in [-0.39, 0.29) is 11.8 Å². The molecule has 1 aromatic rings. The van der Waals surface area contributed by atoms with Gasteiger partial charge >= 0.3 is 0 Å². The van der Waals surface area contributed by atoms with Crippen molar-refractivity contribution in [2.75, 3.05) is 18.5 Å². The van der Waals surface area contributed by atoms with Gasteiger partial charge in [0.05, 0.1) is 17.0 Å². The summed E-state index contributed by atoms with van der Waals surface area (Å²) in [7, 11) is -3.72. The fourth-order valence-corrected chi connectivity index (χ4v) is 5.37. The van der Waals surface area contributed by atoms with Gasteiger partial charge in [0.15, 0.2) is 9.84 Å². The minimum Gasteiger partial charge on any atom is -0.392 e. The van der Waals surface area contributed by atoms with E-state index in [9.17, 15) is 18.3 Å². The lowest BCUT2D eigenvalue weighted by atomic mass is 9.78. The molecular weight excluding hydrogens is 384 g/mol. The maximum absolute atomic E-state index is 13.0. The van der Waals surface area contributed by atoms with E-state index in [0.29, 0.717) is 31.7 Å². The summed E-state index contributed by atoms with van der Waals surface area (Å²) in [6.07, 6.45) is 0.103. The number of amides is 1. The molecule has 2 rings (SSSR count). The van der Waals surface area contributed by atoms with Gasteiger partial charge in [-0.3, -0.25) is 10.1 Å². The Hall–Kier alpha value is -1.45. The molecule has 28 heavy (non-hydrogen) atoms. The molecule has 1 amide bonds. The average molecular weight is 417 g/mol. The second-order valence-corrected chi connectivity index (χ2v) is 11.6. The van der Waals surface area contributed by atoms with Gasteiger partial charge in [0.25, 0.3) is 0 Å². The molecule has 0 radical (unpaired) electrons. The number of nitrogens with zero attached hydrogens (tertiary/aromatic N) is 1. The molecule has 1 saturated heterocycles. The molecule has 0 aliphatic carbocycles. The average Bonchev–Trinajstić information content (AvgIpc) is 3.10. The first-order valence-electron chi connectivity index (χ1n) is 9.59. The highest BCUT2D eigenvalue weighted by molar-refractivity contribution is 7.94. The van der Waals surface area contributed by atoms with Crippen LogP contribution in [0.25, 0.3) is 0 Å². The van der Waals surface area contributed by atoms with E-state index in [0.717, 1.165) is 0 Å². The predicted molar refractivity (Wildman–Crippen MR) is 106 cm³/mol. The molecule has 2 heterocycles. The topological polar surface area (TPSA) is 119 Å². The number of hydrogen-bond acceptors (Lipinski definition) is 7. The van der Waals surface area contributed by atoms with Crippen molar-refractivity contribution in [3.8, 4) is 0 Å². The van der Waals surface area contributed by atoms with Crippen LogP contribution < -0.4 is 5.32 Å². The van der Waals surface area contributed by atoms with Gasteiger partial charge in [0, 0.05) is 24.7 Å². The van der Waals surface area contributed by atoms with E-state index in [1.807, 2.05) is 27.7 Å². The zero-order valence-electron chi connectivity index (χ0n) is 17.5. The second-order valence-electron chi connectivity index (χ2n) is 8.81. The van der Waals surface area contributed by atoms with Crippen molar-refractivity contribution >= 4 is 21.6 Å². The Morgan fingerprint density at radius 2 is 1.82 bits per heavy atom. The Labute approximate surface area is 166 Å². The van der Waals surface area contributed by atoms with E-state index < -0.39 is 37.3 Å². The predicted octanol–water partition coefficient (Wildman–Crippen LogP) is 2.28. The molecule has 1 atom stereocenters. The third kappa shape index (κ3) is 4.26. The highest BCUT2D eigenvalue weighted by atomic mass is 32.2. The van der Waals surface area contributed by atoms with Crippen LogP contribution in [0.2, 0.25) is 0 Å². The smallest absolute Gasteiger partial charge is 0.247 e. The van der Waals surface area contributed by atoms with E-state index in [4.69, 9.17) is 9.26 Å². The van der Waals surface area contributed by atoms with Crippen LogP contribution in [0.15, 0.2) is 10.6 Å². The zero-order valence-corrected chi connectivity index (χ0v) is 18.3. The summed E-state index contributed by atoms with van der Waals surface area (Å²) < 4.78 is 34.7. The molecule has 0 bridgehead atoms. The molecule has 160 valence electrons. The van der Waals surface area contributed by atoms with Crippen LogP contribution in [0.5, 0.6) is 0 Å². The lowest BCUT2D eigenvalue weighted by molar-refractivity contribution is -0.118. The van der Waals surface area contributed by atoms with Crippen LogP contribution >= 0.6 is 0 Å². The molecule has 0 spiro atoms.